The summed E-state index contributed by atoms with van der Waals surface area (Å²) < 4.78 is 14.2. The third-order valence-electron chi connectivity index (χ3n) is 1.87. The minimum absolute atomic E-state index is 0.252. The monoisotopic (exact) mass is 298 g/mol. The van der Waals surface area contributed by atoms with Crippen molar-refractivity contribution in [2.45, 2.75) is 9.92 Å². The summed E-state index contributed by atoms with van der Waals surface area (Å²) in [6, 6.07) is 8.33. The van der Waals surface area contributed by atoms with Gasteiger partial charge in [0.2, 0.25) is 0 Å². The van der Waals surface area contributed by atoms with E-state index in [1.807, 2.05) is 0 Å². The molecule has 0 fully saturated rings. The zero-order chi connectivity index (χ0) is 11.5. The van der Waals surface area contributed by atoms with Gasteiger partial charge in [0.1, 0.15) is 10.8 Å². The first-order valence-electron chi connectivity index (χ1n) is 4.50. The van der Waals surface area contributed by atoms with E-state index in [1.165, 1.54) is 17.8 Å². The van der Waals surface area contributed by atoms with Crippen molar-refractivity contribution >= 4 is 33.4 Å². The zero-order valence-corrected chi connectivity index (χ0v) is 10.6. The molecule has 2 rings (SSSR count). The molecule has 16 heavy (non-hydrogen) atoms. The maximum absolute atomic E-state index is 13.4. The van der Waals surface area contributed by atoms with Gasteiger partial charge in [-0.05, 0) is 34.1 Å². The van der Waals surface area contributed by atoms with E-state index < -0.39 is 0 Å². The summed E-state index contributed by atoms with van der Waals surface area (Å²) in [5, 5.41) is 0.694. The van der Waals surface area contributed by atoms with E-state index in [2.05, 4.69) is 20.9 Å². The van der Waals surface area contributed by atoms with Gasteiger partial charge in [-0.1, -0.05) is 23.9 Å². The molecule has 0 unspecified atom stereocenters. The number of nitrogens with two attached hydrogens (primary N) is 1. The molecule has 0 aliphatic heterocycles. The van der Waals surface area contributed by atoms with Crippen LogP contribution >= 0.6 is 27.7 Å². The fraction of sp³-hybridized carbons (Fsp3) is 0. The van der Waals surface area contributed by atoms with Crippen LogP contribution in [0.15, 0.2) is 50.9 Å². The number of halogens is 2. The van der Waals surface area contributed by atoms with Gasteiger partial charge in [-0.3, -0.25) is 0 Å². The maximum Gasteiger partial charge on any atom is 0.137 e. The van der Waals surface area contributed by atoms with Crippen LogP contribution in [0.2, 0.25) is 0 Å². The van der Waals surface area contributed by atoms with Crippen LogP contribution in [0, 0.1) is 5.82 Å². The second kappa shape index (κ2) is 4.84. The van der Waals surface area contributed by atoms with Gasteiger partial charge in [0, 0.05) is 4.90 Å². The Labute approximate surface area is 105 Å². The molecular formula is C11H8BrFN2S. The topological polar surface area (TPSA) is 38.9 Å². The first-order valence-corrected chi connectivity index (χ1v) is 6.11. The van der Waals surface area contributed by atoms with Crippen LogP contribution in [0.1, 0.15) is 0 Å². The minimum Gasteiger partial charge on any atom is -0.397 e. The van der Waals surface area contributed by atoms with Crippen LogP contribution in [0.3, 0.4) is 0 Å². The molecule has 1 aromatic carbocycles. The quantitative estimate of drug-likeness (QED) is 0.918. The summed E-state index contributed by atoms with van der Waals surface area (Å²) >= 11 is 4.60. The number of hydrogen-bond donors (Lipinski definition) is 1. The molecule has 82 valence electrons. The Morgan fingerprint density at radius 3 is 2.75 bits per heavy atom. The predicted molar refractivity (Wildman–Crippen MR) is 66.9 cm³/mol. The van der Waals surface area contributed by atoms with E-state index in [9.17, 15) is 4.39 Å². The lowest BCUT2D eigenvalue weighted by Gasteiger charge is -2.04. The molecule has 0 radical (unpaired) electrons. The van der Waals surface area contributed by atoms with Crippen molar-refractivity contribution in [2.24, 2.45) is 0 Å². The van der Waals surface area contributed by atoms with Gasteiger partial charge in [-0.15, -0.1) is 0 Å². The lowest BCUT2D eigenvalue weighted by molar-refractivity contribution is 0.602. The van der Waals surface area contributed by atoms with Gasteiger partial charge in [0.25, 0.3) is 0 Å². The Kier molecular flexibility index (Phi) is 3.46. The molecule has 1 heterocycles. The maximum atomic E-state index is 13.4. The number of pyridine rings is 1. The van der Waals surface area contributed by atoms with Crippen LogP contribution in [-0.4, -0.2) is 4.98 Å². The van der Waals surface area contributed by atoms with E-state index in [4.69, 9.17) is 5.73 Å². The first kappa shape index (κ1) is 11.4. The molecule has 0 bridgehead atoms. The Bertz CT molecular complexity index is 519. The van der Waals surface area contributed by atoms with E-state index in [-0.39, 0.29) is 5.82 Å². The van der Waals surface area contributed by atoms with Gasteiger partial charge >= 0.3 is 0 Å². The molecule has 2 N–H and O–H groups in total. The van der Waals surface area contributed by atoms with Crippen LogP contribution in [-0.2, 0) is 0 Å². The molecule has 0 saturated heterocycles. The van der Waals surface area contributed by atoms with Crippen LogP contribution in [0.25, 0.3) is 0 Å². The van der Waals surface area contributed by atoms with Crippen molar-refractivity contribution in [3.8, 4) is 0 Å². The zero-order valence-electron chi connectivity index (χ0n) is 8.15. The summed E-state index contributed by atoms with van der Waals surface area (Å²) in [6.07, 6.45) is 1.55. The standard InChI is InChI=1S/C11H8BrFN2S/c12-8-5-7(14)6-15-11(8)16-10-4-2-1-3-9(10)13/h1-6H,14H2. The highest BCUT2D eigenvalue weighted by atomic mass is 79.9. The molecule has 0 aliphatic rings. The molecule has 0 aliphatic carbocycles. The Morgan fingerprint density at radius 2 is 2.06 bits per heavy atom. The normalized spacial score (nSPS) is 10.4. The van der Waals surface area contributed by atoms with Crippen LogP contribution < -0.4 is 5.73 Å². The Hall–Kier alpha value is -1.07. The smallest absolute Gasteiger partial charge is 0.137 e. The lowest BCUT2D eigenvalue weighted by atomic mass is 10.3. The number of benzene rings is 1. The molecule has 5 heteroatoms. The molecule has 2 nitrogen and oxygen atoms in total. The van der Waals surface area contributed by atoms with Crippen molar-refractivity contribution in [1.82, 2.24) is 4.98 Å². The SMILES string of the molecule is Nc1cnc(Sc2ccccc2F)c(Br)c1. The third-order valence-corrected chi connectivity index (χ3v) is 3.81. The fourth-order valence-corrected chi connectivity index (χ4v) is 2.54. The number of aromatic nitrogens is 1. The highest BCUT2D eigenvalue weighted by Crippen LogP contribution is 2.33. The second-order valence-electron chi connectivity index (χ2n) is 3.09. The van der Waals surface area contributed by atoms with Crippen LogP contribution in [0.5, 0.6) is 0 Å². The number of anilines is 1. The summed E-state index contributed by atoms with van der Waals surface area (Å²) in [6.45, 7) is 0. The van der Waals surface area contributed by atoms with E-state index >= 15 is 0 Å². The molecule has 2 aromatic rings. The van der Waals surface area contributed by atoms with E-state index in [0.29, 0.717) is 15.6 Å². The number of hydrogen-bond acceptors (Lipinski definition) is 3. The average molecular weight is 299 g/mol. The third kappa shape index (κ3) is 2.54. The average Bonchev–Trinajstić information content (AvgIpc) is 2.25. The van der Waals surface area contributed by atoms with Crippen LogP contribution in [0.4, 0.5) is 10.1 Å². The van der Waals surface area contributed by atoms with Crippen molar-refractivity contribution in [2.75, 3.05) is 5.73 Å². The summed E-state index contributed by atoms with van der Waals surface area (Å²) in [5.41, 5.74) is 6.15. The molecule has 0 amide bonds. The van der Waals surface area contributed by atoms with Crippen molar-refractivity contribution in [1.29, 1.82) is 0 Å². The van der Waals surface area contributed by atoms with E-state index in [0.717, 1.165) is 4.47 Å². The lowest BCUT2D eigenvalue weighted by Crippen LogP contribution is -1.89. The van der Waals surface area contributed by atoms with Gasteiger partial charge in [0.15, 0.2) is 0 Å². The van der Waals surface area contributed by atoms with Gasteiger partial charge in [-0.2, -0.15) is 0 Å². The van der Waals surface area contributed by atoms with Crippen molar-refractivity contribution < 1.29 is 4.39 Å². The molecular weight excluding hydrogens is 291 g/mol. The molecule has 0 spiro atoms. The Morgan fingerprint density at radius 1 is 1.31 bits per heavy atom. The second-order valence-corrected chi connectivity index (χ2v) is 4.97. The van der Waals surface area contributed by atoms with Gasteiger partial charge in [0.05, 0.1) is 16.4 Å². The number of rotatable bonds is 2. The summed E-state index contributed by atoms with van der Waals surface area (Å²) in [4.78, 5) is 4.68. The van der Waals surface area contributed by atoms with Gasteiger partial charge < -0.3 is 5.73 Å². The number of nitrogens with zero attached hydrogens (tertiary/aromatic N) is 1. The molecule has 0 saturated carbocycles. The highest BCUT2D eigenvalue weighted by molar-refractivity contribution is 9.10. The predicted octanol–water partition coefficient (Wildman–Crippen LogP) is 3.72. The number of nitrogen functional groups attached to an aromatic ring is 1. The van der Waals surface area contributed by atoms with Gasteiger partial charge in [-0.25, -0.2) is 9.37 Å². The van der Waals surface area contributed by atoms with Crippen molar-refractivity contribution in [3.63, 3.8) is 0 Å². The van der Waals surface area contributed by atoms with Crippen molar-refractivity contribution in [3.05, 3.63) is 46.8 Å². The largest absolute Gasteiger partial charge is 0.397 e. The molecule has 1 aromatic heterocycles. The van der Waals surface area contributed by atoms with E-state index in [1.54, 1.807) is 30.5 Å². The summed E-state index contributed by atoms with van der Waals surface area (Å²) in [5.74, 6) is -0.252. The minimum atomic E-state index is -0.252. The molecule has 0 atom stereocenters. The fourth-order valence-electron chi connectivity index (χ4n) is 1.15. The highest BCUT2D eigenvalue weighted by Gasteiger charge is 2.07. The Balaban J connectivity index is 2.31. The first-order chi connectivity index (χ1) is 7.66. The summed E-state index contributed by atoms with van der Waals surface area (Å²) in [7, 11) is 0.